The zero-order chi connectivity index (χ0) is 16.1. The van der Waals surface area contributed by atoms with Gasteiger partial charge in [-0.3, -0.25) is 0 Å². The van der Waals surface area contributed by atoms with Gasteiger partial charge in [0.1, 0.15) is 16.9 Å². The van der Waals surface area contributed by atoms with Gasteiger partial charge >= 0.3 is 0 Å². The number of hydrogen-bond acceptors (Lipinski definition) is 3. The van der Waals surface area contributed by atoms with E-state index in [2.05, 4.69) is 33.0 Å². The lowest BCUT2D eigenvalue weighted by atomic mass is 10.1. The Bertz CT molecular complexity index is 917. The Morgan fingerprint density at radius 2 is 2.09 bits per heavy atom. The Hall–Kier alpha value is -1.78. The second-order valence-electron chi connectivity index (χ2n) is 5.89. The van der Waals surface area contributed by atoms with Crippen molar-refractivity contribution in [2.45, 2.75) is 32.9 Å². The van der Waals surface area contributed by atoms with Crippen LogP contribution in [0.4, 0.5) is 5.82 Å². The highest BCUT2D eigenvalue weighted by molar-refractivity contribution is 6.36. The molecule has 0 aliphatic carbocycles. The number of nitrogens with one attached hydrogen (secondary N) is 1. The SMILES string of the molecule is CCC1Cn2cc(-c3ccc(Cl)cc3Cl)c3nc(C)nc(c32)N1. The molecule has 0 bridgehead atoms. The second-order valence-corrected chi connectivity index (χ2v) is 6.73. The lowest BCUT2D eigenvalue weighted by Gasteiger charge is -2.25. The molecule has 0 fully saturated rings. The van der Waals surface area contributed by atoms with Crippen LogP contribution in [0.5, 0.6) is 0 Å². The van der Waals surface area contributed by atoms with Crippen molar-refractivity contribution < 1.29 is 0 Å². The van der Waals surface area contributed by atoms with Crippen molar-refractivity contribution in [2.75, 3.05) is 5.32 Å². The Kier molecular flexibility index (Phi) is 3.47. The highest BCUT2D eigenvalue weighted by Crippen LogP contribution is 2.38. The van der Waals surface area contributed by atoms with Gasteiger partial charge in [-0.2, -0.15) is 0 Å². The van der Waals surface area contributed by atoms with Crippen LogP contribution in [0.1, 0.15) is 19.2 Å². The molecule has 6 heteroatoms. The Labute approximate surface area is 144 Å². The maximum absolute atomic E-state index is 6.42. The van der Waals surface area contributed by atoms with E-state index in [1.807, 2.05) is 19.1 Å². The van der Waals surface area contributed by atoms with Crippen molar-refractivity contribution in [3.05, 3.63) is 40.3 Å². The molecule has 0 radical (unpaired) electrons. The molecule has 4 rings (SSSR count). The summed E-state index contributed by atoms with van der Waals surface area (Å²) in [6.45, 7) is 4.99. The zero-order valence-electron chi connectivity index (χ0n) is 12.9. The molecule has 118 valence electrons. The van der Waals surface area contributed by atoms with E-state index in [0.717, 1.165) is 46.8 Å². The summed E-state index contributed by atoms with van der Waals surface area (Å²) in [5.74, 6) is 1.66. The summed E-state index contributed by atoms with van der Waals surface area (Å²) in [6, 6.07) is 5.95. The number of benzene rings is 1. The number of hydrogen-bond donors (Lipinski definition) is 1. The van der Waals surface area contributed by atoms with Gasteiger partial charge in [-0.05, 0) is 25.5 Å². The van der Waals surface area contributed by atoms with E-state index in [-0.39, 0.29) is 0 Å². The molecule has 4 nitrogen and oxygen atoms in total. The van der Waals surface area contributed by atoms with Crippen LogP contribution in [0.25, 0.3) is 22.2 Å². The van der Waals surface area contributed by atoms with E-state index in [0.29, 0.717) is 16.1 Å². The lowest BCUT2D eigenvalue weighted by molar-refractivity contribution is 0.566. The van der Waals surface area contributed by atoms with Crippen molar-refractivity contribution >= 4 is 40.1 Å². The third-order valence-electron chi connectivity index (χ3n) is 4.30. The van der Waals surface area contributed by atoms with Crippen LogP contribution in [0.3, 0.4) is 0 Å². The predicted molar refractivity (Wildman–Crippen MR) is 95.4 cm³/mol. The molecule has 0 spiro atoms. The summed E-state index contributed by atoms with van der Waals surface area (Å²) in [7, 11) is 0. The number of halogens is 2. The maximum atomic E-state index is 6.42. The smallest absolute Gasteiger partial charge is 0.154 e. The predicted octanol–water partition coefficient (Wildman–Crippen LogP) is 4.92. The molecule has 1 aliphatic heterocycles. The number of anilines is 1. The van der Waals surface area contributed by atoms with Gasteiger partial charge in [0.25, 0.3) is 0 Å². The molecule has 1 unspecified atom stereocenters. The molecule has 1 aliphatic rings. The first-order valence-corrected chi connectivity index (χ1v) is 8.42. The van der Waals surface area contributed by atoms with Gasteiger partial charge < -0.3 is 9.88 Å². The van der Waals surface area contributed by atoms with Crippen molar-refractivity contribution in [3.8, 4) is 11.1 Å². The highest BCUT2D eigenvalue weighted by atomic mass is 35.5. The third kappa shape index (κ3) is 2.37. The minimum atomic E-state index is 0.376. The number of aryl methyl sites for hydroxylation is 1. The molecule has 1 aromatic carbocycles. The van der Waals surface area contributed by atoms with Crippen LogP contribution >= 0.6 is 23.2 Å². The highest BCUT2D eigenvalue weighted by Gasteiger charge is 2.24. The van der Waals surface area contributed by atoms with Crippen LogP contribution in [-0.4, -0.2) is 20.6 Å². The second kappa shape index (κ2) is 5.39. The van der Waals surface area contributed by atoms with Gasteiger partial charge in [0.05, 0.1) is 5.02 Å². The first-order valence-electron chi connectivity index (χ1n) is 7.66. The Balaban J connectivity index is 2.00. The molecule has 2 aromatic heterocycles. The van der Waals surface area contributed by atoms with Gasteiger partial charge in [-0.15, -0.1) is 0 Å². The first-order chi connectivity index (χ1) is 11.1. The average Bonchev–Trinajstić information content (AvgIpc) is 2.86. The lowest BCUT2D eigenvalue weighted by Crippen LogP contribution is -2.29. The molecule has 3 aromatic rings. The quantitative estimate of drug-likeness (QED) is 0.716. The van der Waals surface area contributed by atoms with Crippen molar-refractivity contribution in [1.29, 1.82) is 0 Å². The fraction of sp³-hybridized carbons (Fsp3) is 0.294. The maximum Gasteiger partial charge on any atom is 0.154 e. The summed E-state index contributed by atoms with van der Waals surface area (Å²) < 4.78 is 2.23. The molecule has 0 saturated heterocycles. The van der Waals surface area contributed by atoms with Gasteiger partial charge in [0.2, 0.25) is 0 Å². The van der Waals surface area contributed by atoms with Gasteiger partial charge in [0, 0.05) is 34.9 Å². The third-order valence-corrected chi connectivity index (χ3v) is 4.84. The van der Waals surface area contributed by atoms with Crippen molar-refractivity contribution in [3.63, 3.8) is 0 Å². The van der Waals surface area contributed by atoms with Crippen LogP contribution in [0.2, 0.25) is 10.0 Å². The van der Waals surface area contributed by atoms with Crippen LogP contribution in [0, 0.1) is 6.92 Å². The molecular weight excluding hydrogens is 331 g/mol. The summed E-state index contributed by atoms with van der Waals surface area (Å²) in [5, 5.41) is 4.78. The fourth-order valence-electron chi connectivity index (χ4n) is 3.17. The summed E-state index contributed by atoms with van der Waals surface area (Å²) >= 11 is 12.4. The van der Waals surface area contributed by atoms with Crippen LogP contribution < -0.4 is 5.32 Å². The van der Waals surface area contributed by atoms with E-state index in [1.54, 1.807) is 6.07 Å². The van der Waals surface area contributed by atoms with Gasteiger partial charge in [-0.1, -0.05) is 36.2 Å². The van der Waals surface area contributed by atoms with Gasteiger partial charge in [-0.25, -0.2) is 9.97 Å². The minimum absolute atomic E-state index is 0.376. The normalized spacial score (nSPS) is 16.6. The molecule has 0 saturated carbocycles. The monoisotopic (exact) mass is 346 g/mol. The number of rotatable bonds is 2. The number of nitrogens with zero attached hydrogens (tertiary/aromatic N) is 3. The van der Waals surface area contributed by atoms with E-state index >= 15 is 0 Å². The summed E-state index contributed by atoms with van der Waals surface area (Å²) in [6.07, 6.45) is 3.17. The number of aromatic nitrogens is 3. The molecule has 0 amide bonds. The van der Waals surface area contributed by atoms with Crippen molar-refractivity contribution in [1.82, 2.24) is 14.5 Å². The van der Waals surface area contributed by atoms with Crippen LogP contribution in [0.15, 0.2) is 24.4 Å². The van der Waals surface area contributed by atoms with Crippen LogP contribution in [-0.2, 0) is 6.54 Å². The van der Waals surface area contributed by atoms with E-state index in [4.69, 9.17) is 23.2 Å². The summed E-state index contributed by atoms with van der Waals surface area (Å²) in [4.78, 5) is 9.24. The molecule has 1 atom stereocenters. The van der Waals surface area contributed by atoms with E-state index < -0.39 is 0 Å². The zero-order valence-corrected chi connectivity index (χ0v) is 14.4. The molecule has 1 N–H and O–H groups in total. The largest absolute Gasteiger partial charge is 0.364 e. The molecule has 23 heavy (non-hydrogen) atoms. The van der Waals surface area contributed by atoms with E-state index in [1.165, 1.54) is 0 Å². The standard InChI is InChI=1S/C17H16Cl2N4/c1-3-11-7-23-8-13(12-5-4-10(18)6-14(12)19)15-16(23)17(22-11)21-9(2)20-15/h4-6,8,11H,3,7H2,1-2H3,(H,20,21,22). The Morgan fingerprint density at radius 1 is 1.26 bits per heavy atom. The van der Waals surface area contributed by atoms with Gasteiger partial charge in [0.15, 0.2) is 5.82 Å². The Morgan fingerprint density at radius 3 is 2.83 bits per heavy atom. The summed E-state index contributed by atoms with van der Waals surface area (Å²) in [5.41, 5.74) is 3.94. The molecular formula is C17H16Cl2N4. The van der Waals surface area contributed by atoms with E-state index in [9.17, 15) is 0 Å². The fourth-order valence-corrected chi connectivity index (χ4v) is 3.68. The first kappa shape index (κ1) is 14.8. The van der Waals surface area contributed by atoms with Crippen molar-refractivity contribution in [2.24, 2.45) is 0 Å². The minimum Gasteiger partial charge on any atom is -0.364 e. The average molecular weight is 347 g/mol. The molecule has 3 heterocycles. The topological polar surface area (TPSA) is 42.7 Å².